The summed E-state index contributed by atoms with van der Waals surface area (Å²) in [7, 11) is 0. The summed E-state index contributed by atoms with van der Waals surface area (Å²) in [5, 5.41) is 9.44. The van der Waals surface area contributed by atoms with Crippen molar-refractivity contribution in [2.24, 2.45) is 0 Å². The fourth-order valence-electron chi connectivity index (χ4n) is 2.87. The van der Waals surface area contributed by atoms with Crippen molar-refractivity contribution < 1.29 is 9.90 Å². The minimum Gasteiger partial charge on any atom is -0.393 e. The SMILES string of the molecule is O=C(CCl)N(Cc1cccc(C2CC2)c1)C1CC(O)C1. The van der Waals surface area contributed by atoms with E-state index in [1.54, 1.807) is 0 Å². The molecule has 20 heavy (non-hydrogen) atoms. The first kappa shape index (κ1) is 13.9. The molecule has 0 radical (unpaired) electrons. The van der Waals surface area contributed by atoms with Crippen molar-refractivity contribution in [3.8, 4) is 0 Å². The molecule has 1 aromatic rings. The Bertz CT molecular complexity index is 495. The molecule has 0 bridgehead atoms. The van der Waals surface area contributed by atoms with Crippen LogP contribution in [0.4, 0.5) is 0 Å². The van der Waals surface area contributed by atoms with E-state index in [0.29, 0.717) is 19.4 Å². The number of carbonyl (C=O) groups excluding carboxylic acids is 1. The smallest absolute Gasteiger partial charge is 0.238 e. The third-order valence-electron chi connectivity index (χ3n) is 4.32. The molecule has 108 valence electrons. The number of rotatable bonds is 5. The van der Waals surface area contributed by atoms with Gasteiger partial charge in [0.15, 0.2) is 0 Å². The summed E-state index contributed by atoms with van der Waals surface area (Å²) in [6.45, 7) is 0.601. The molecule has 4 heteroatoms. The first-order chi connectivity index (χ1) is 9.67. The predicted octanol–water partition coefficient (Wildman–Crippen LogP) is 2.65. The minimum atomic E-state index is -0.261. The monoisotopic (exact) mass is 293 g/mol. The summed E-state index contributed by atoms with van der Waals surface area (Å²) in [6, 6.07) is 8.65. The van der Waals surface area contributed by atoms with Gasteiger partial charge < -0.3 is 10.0 Å². The van der Waals surface area contributed by atoms with E-state index in [1.807, 2.05) is 4.90 Å². The average molecular weight is 294 g/mol. The van der Waals surface area contributed by atoms with Gasteiger partial charge >= 0.3 is 0 Å². The maximum absolute atomic E-state index is 12.0. The van der Waals surface area contributed by atoms with Crippen LogP contribution >= 0.6 is 11.6 Å². The van der Waals surface area contributed by atoms with Crippen molar-refractivity contribution in [3.05, 3.63) is 35.4 Å². The molecule has 0 atom stereocenters. The van der Waals surface area contributed by atoms with Crippen molar-refractivity contribution in [1.29, 1.82) is 0 Å². The molecular formula is C16H20ClNO2. The largest absolute Gasteiger partial charge is 0.393 e. The maximum atomic E-state index is 12.0. The van der Waals surface area contributed by atoms with Crippen LogP contribution in [0, 0.1) is 0 Å². The molecule has 3 nitrogen and oxygen atoms in total. The summed E-state index contributed by atoms with van der Waals surface area (Å²) in [5.74, 6) is 0.688. The number of aliphatic hydroxyl groups is 1. The molecule has 1 amide bonds. The van der Waals surface area contributed by atoms with Crippen LogP contribution in [0.3, 0.4) is 0 Å². The summed E-state index contributed by atoms with van der Waals surface area (Å²) in [5.41, 5.74) is 2.55. The van der Waals surface area contributed by atoms with E-state index in [0.717, 1.165) is 11.5 Å². The molecule has 2 aliphatic rings. The van der Waals surface area contributed by atoms with Crippen molar-refractivity contribution in [2.45, 2.75) is 50.3 Å². The highest BCUT2D eigenvalue weighted by Crippen LogP contribution is 2.40. The maximum Gasteiger partial charge on any atom is 0.238 e. The molecule has 2 aliphatic carbocycles. The second-order valence-electron chi connectivity index (χ2n) is 5.95. The van der Waals surface area contributed by atoms with Gasteiger partial charge in [-0.3, -0.25) is 4.79 Å². The van der Waals surface area contributed by atoms with Gasteiger partial charge in [-0.25, -0.2) is 0 Å². The zero-order valence-electron chi connectivity index (χ0n) is 11.5. The van der Waals surface area contributed by atoms with E-state index >= 15 is 0 Å². The van der Waals surface area contributed by atoms with Crippen LogP contribution in [0.5, 0.6) is 0 Å². The summed E-state index contributed by atoms with van der Waals surface area (Å²) in [4.78, 5) is 13.8. The van der Waals surface area contributed by atoms with Crippen LogP contribution in [-0.4, -0.2) is 33.9 Å². The molecule has 0 spiro atoms. The molecule has 0 aromatic heterocycles. The van der Waals surface area contributed by atoms with Crippen molar-refractivity contribution in [1.82, 2.24) is 4.90 Å². The molecule has 1 aromatic carbocycles. The Labute approximate surface area is 124 Å². The molecule has 3 rings (SSSR count). The van der Waals surface area contributed by atoms with E-state index in [2.05, 4.69) is 24.3 Å². The Morgan fingerprint density at radius 3 is 2.70 bits per heavy atom. The lowest BCUT2D eigenvalue weighted by Crippen LogP contribution is -2.49. The van der Waals surface area contributed by atoms with Crippen molar-refractivity contribution in [3.63, 3.8) is 0 Å². The number of halogens is 1. The number of nitrogens with zero attached hydrogens (tertiary/aromatic N) is 1. The standard InChI is InChI=1S/C16H20ClNO2/c17-9-16(20)18(14-7-15(19)8-14)10-11-2-1-3-13(6-11)12-4-5-12/h1-3,6,12,14-15,19H,4-5,7-10H2. The second kappa shape index (κ2) is 5.74. The third-order valence-corrected chi connectivity index (χ3v) is 4.55. The van der Waals surface area contributed by atoms with Crippen LogP contribution in [0.25, 0.3) is 0 Å². The molecular weight excluding hydrogens is 274 g/mol. The lowest BCUT2D eigenvalue weighted by molar-refractivity contribution is -0.136. The number of amides is 1. The van der Waals surface area contributed by atoms with Gasteiger partial charge in [-0.2, -0.15) is 0 Å². The molecule has 0 saturated heterocycles. The van der Waals surface area contributed by atoms with Crippen molar-refractivity contribution in [2.75, 3.05) is 5.88 Å². The Kier molecular flexibility index (Phi) is 3.99. The number of hydrogen-bond acceptors (Lipinski definition) is 2. The van der Waals surface area contributed by atoms with E-state index < -0.39 is 0 Å². The predicted molar refractivity (Wildman–Crippen MR) is 78.7 cm³/mol. The molecule has 0 aliphatic heterocycles. The molecule has 1 N–H and O–H groups in total. The Balaban J connectivity index is 1.71. The third kappa shape index (κ3) is 2.99. The normalized spacial score (nSPS) is 25.1. The van der Waals surface area contributed by atoms with E-state index in [1.165, 1.54) is 18.4 Å². The first-order valence-corrected chi connectivity index (χ1v) is 7.83. The van der Waals surface area contributed by atoms with Crippen LogP contribution < -0.4 is 0 Å². The number of hydrogen-bond donors (Lipinski definition) is 1. The lowest BCUT2D eigenvalue weighted by Gasteiger charge is -2.40. The number of alkyl halides is 1. The average Bonchev–Trinajstić information content (AvgIpc) is 3.26. The van der Waals surface area contributed by atoms with Gasteiger partial charge in [-0.1, -0.05) is 24.3 Å². The van der Waals surface area contributed by atoms with Crippen molar-refractivity contribution >= 4 is 17.5 Å². The zero-order chi connectivity index (χ0) is 14.1. The van der Waals surface area contributed by atoms with Gasteiger partial charge in [0.2, 0.25) is 5.91 Å². The van der Waals surface area contributed by atoms with E-state index in [9.17, 15) is 9.90 Å². The fraction of sp³-hybridized carbons (Fsp3) is 0.562. The highest BCUT2D eigenvalue weighted by molar-refractivity contribution is 6.27. The minimum absolute atomic E-state index is 0.00884. The Morgan fingerprint density at radius 1 is 1.35 bits per heavy atom. The molecule has 0 heterocycles. The van der Waals surface area contributed by atoms with E-state index in [4.69, 9.17) is 11.6 Å². The molecule has 2 saturated carbocycles. The molecule has 0 unspecified atom stereocenters. The number of carbonyl (C=O) groups is 1. The van der Waals surface area contributed by atoms with Gasteiger partial charge in [-0.05, 0) is 42.7 Å². The fourth-order valence-corrected chi connectivity index (χ4v) is 3.02. The quantitative estimate of drug-likeness (QED) is 0.848. The first-order valence-electron chi connectivity index (χ1n) is 7.29. The van der Waals surface area contributed by atoms with Gasteiger partial charge in [0.1, 0.15) is 5.88 Å². The molecule has 2 fully saturated rings. The summed E-state index contributed by atoms with van der Waals surface area (Å²) >= 11 is 5.71. The Hall–Kier alpha value is -1.06. The summed E-state index contributed by atoms with van der Waals surface area (Å²) < 4.78 is 0. The number of benzene rings is 1. The van der Waals surface area contributed by atoms with Crippen LogP contribution in [0.15, 0.2) is 24.3 Å². The Morgan fingerprint density at radius 2 is 2.10 bits per heavy atom. The van der Waals surface area contributed by atoms with Gasteiger partial charge in [0.25, 0.3) is 0 Å². The lowest BCUT2D eigenvalue weighted by atomic mass is 9.87. The topological polar surface area (TPSA) is 40.5 Å². The zero-order valence-corrected chi connectivity index (χ0v) is 12.2. The van der Waals surface area contributed by atoms with Gasteiger partial charge in [0.05, 0.1) is 6.10 Å². The highest BCUT2D eigenvalue weighted by Gasteiger charge is 2.34. The van der Waals surface area contributed by atoms with Crippen LogP contribution in [0.2, 0.25) is 0 Å². The highest BCUT2D eigenvalue weighted by atomic mass is 35.5. The van der Waals surface area contributed by atoms with Gasteiger partial charge in [-0.15, -0.1) is 11.6 Å². The van der Waals surface area contributed by atoms with E-state index in [-0.39, 0.29) is 23.9 Å². The second-order valence-corrected chi connectivity index (χ2v) is 6.22. The van der Waals surface area contributed by atoms with Crippen LogP contribution in [0.1, 0.15) is 42.7 Å². The van der Waals surface area contributed by atoms with Gasteiger partial charge in [0, 0.05) is 12.6 Å². The number of aliphatic hydroxyl groups excluding tert-OH is 1. The summed E-state index contributed by atoms with van der Waals surface area (Å²) in [6.07, 6.45) is 3.64. The van der Waals surface area contributed by atoms with Crippen LogP contribution in [-0.2, 0) is 11.3 Å².